The molecule has 0 aromatic heterocycles. The van der Waals surface area contributed by atoms with Crippen molar-refractivity contribution < 1.29 is 52.8 Å². The predicted molar refractivity (Wildman–Crippen MR) is 209 cm³/mol. The summed E-state index contributed by atoms with van der Waals surface area (Å²) in [6, 6.07) is 5.82. The Morgan fingerprint density at radius 3 is 2.39 bits per heavy atom. The topological polar surface area (TPSA) is 209 Å². The summed E-state index contributed by atoms with van der Waals surface area (Å²) in [6.45, 7) is 13.1. The number of aliphatic hydroxyl groups excluding tert-OH is 1. The van der Waals surface area contributed by atoms with Crippen LogP contribution in [-0.4, -0.2) is 132 Å². The molecule has 0 saturated carbocycles. The van der Waals surface area contributed by atoms with E-state index in [-0.39, 0.29) is 50.4 Å². The molecule has 2 bridgehead atoms. The van der Waals surface area contributed by atoms with E-state index in [9.17, 15) is 29.1 Å². The summed E-state index contributed by atoms with van der Waals surface area (Å²) in [5.41, 5.74) is 4.44. The number of nitrogens with one attached hydrogen (secondary N) is 1. The highest BCUT2D eigenvalue weighted by molar-refractivity contribution is 6.00. The Balaban J connectivity index is 1.69. The van der Waals surface area contributed by atoms with Crippen molar-refractivity contribution in [1.82, 2.24) is 15.1 Å². The number of nitrogen functional groups attached to an aromatic ring is 1. The van der Waals surface area contributed by atoms with E-state index in [0.29, 0.717) is 17.8 Å². The number of likely N-dealkylation sites (N-methyl/N-ethyl adjacent to an activating group) is 1. The van der Waals surface area contributed by atoms with Gasteiger partial charge in [0.1, 0.15) is 35.6 Å². The Morgan fingerprint density at radius 2 is 1.74 bits per heavy atom. The maximum absolute atomic E-state index is 14.8. The Bertz CT molecular complexity index is 1720. The van der Waals surface area contributed by atoms with Gasteiger partial charge in [0.25, 0.3) is 0 Å². The maximum atomic E-state index is 14.8. The number of Topliss-reactive ketones (excluding diaryl/α,β-unsaturated/α-hetero) is 2. The standard InChI is InChI=1S/C41H61N5O11/c1-11-30-41(8)34-23(4)31(47)21(2)17-40(7,56-38(51)44-19-28(20-46(34)39(52)57-41)43-18-26-13-12-14-27(42)16-26)35(24(5)32(48)25(6)36(50)54-30)55-37-33(49)29(45(9)10)15-22(3)53-37/h12-14,16,21-25,29-30,33-35,37,49H,11,15,17-20,42H2,1-10H3,(H,44,51)/t21-,22-,23+,24+,25-,29+,30-,33-,34+,35-,37+,40-,41-/m1/s1. The van der Waals surface area contributed by atoms with Crippen molar-refractivity contribution in [1.29, 1.82) is 0 Å². The molecular weight excluding hydrogens is 738 g/mol. The first-order chi connectivity index (χ1) is 26.7. The van der Waals surface area contributed by atoms with E-state index >= 15 is 0 Å². The molecule has 13 atom stereocenters. The number of nitrogens with zero attached hydrogens (tertiary/aromatic N) is 3. The highest BCUT2D eigenvalue weighted by Gasteiger charge is 2.61. The lowest BCUT2D eigenvalue weighted by Gasteiger charge is -2.47. The van der Waals surface area contributed by atoms with Crippen LogP contribution in [0.25, 0.3) is 0 Å². The number of carbonyl (C=O) groups excluding carboxylic acids is 5. The number of anilines is 1. The third kappa shape index (κ3) is 9.13. The number of carbonyl (C=O) groups is 5. The van der Waals surface area contributed by atoms with E-state index in [1.54, 1.807) is 59.7 Å². The minimum atomic E-state index is -1.73. The van der Waals surface area contributed by atoms with Gasteiger partial charge in [0, 0.05) is 29.5 Å². The van der Waals surface area contributed by atoms with Crippen molar-refractivity contribution in [3.63, 3.8) is 0 Å². The van der Waals surface area contributed by atoms with E-state index in [1.807, 2.05) is 32.0 Å². The van der Waals surface area contributed by atoms with Crippen LogP contribution in [0.15, 0.2) is 29.3 Å². The van der Waals surface area contributed by atoms with Crippen molar-refractivity contribution in [2.75, 3.05) is 32.9 Å². The molecule has 5 rings (SSSR count). The van der Waals surface area contributed by atoms with Gasteiger partial charge in [-0.2, -0.15) is 0 Å². The van der Waals surface area contributed by atoms with Gasteiger partial charge in [0.2, 0.25) is 0 Å². The smallest absolute Gasteiger partial charge is 0.411 e. The molecule has 4 fully saturated rings. The first-order valence-corrected chi connectivity index (χ1v) is 20.0. The quantitative estimate of drug-likeness (QED) is 0.163. The number of ether oxygens (including phenoxy) is 5. The number of rotatable bonds is 6. The van der Waals surface area contributed by atoms with Gasteiger partial charge < -0.3 is 44.7 Å². The lowest BCUT2D eigenvalue weighted by Crippen LogP contribution is -2.60. The average molecular weight is 800 g/mol. The minimum absolute atomic E-state index is 0.133. The van der Waals surface area contributed by atoms with Crippen LogP contribution in [0.5, 0.6) is 0 Å². The molecule has 16 heteroatoms. The first-order valence-electron chi connectivity index (χ1n) is 20.0. The van der Waals surface area contributed by atoms with Gasteiger partial charge in [-0.3, -0.25) is 24.3 Å². The number of nitrogens with two attached hydrogens (primary N) is 1. The molecule has 316 valence electrons. The molecule has 1 aromatic rings. The molecule has 1 aromatic carbocycles. The van der Waals surface area contributed by atoms with Crippen LogP contribution in [-0.2, 0) is 44.6 Å². The molecule has 4 saturated heterocycles. The van der Waals surface area contributed by atoms with Crippen LogP contribution in [0.3, 0.4) is 0 Å². The number of amides is 2. The largest absolute Gasteiger partial charge is 0.458 e. The number of ketones is 2. The fourth-order valence-corrected chi connectivity index (χ4v) is 9.22. The summed E-state index contributed by atoms with van der Waals surface area (Å²) < 4.78 is 31.2. The number of hydrogen-bond acceptors (Lipinski definition) is 14. The number of alkyl carbamates (subject to hydrolysis) is 1. The number of fused-ring (bicyclic) bond motifs is 4. The number of benzene rings is 1. The second kappa shape index (κ2) is 17.4. The molecule has 57 heavy (non-hydrogen) atoms. The zero-order valence-electron chi connectivity index (χ0n) is 34.9. The van der Waals surface area contributed by atoms with Crippen LogP contribution in [0, 0.1) is 23.7 Å². The molecule has 2 amide bonds. The van der Waals surface area contributed by atoms with Gasteiger partial charge in [-0.25, -0.2) is 9.59 Å². The number of aliphatic imine (C=N–C) groups is 1. The third-order valence-corrected chi connectivity index (χ3v) is 12.2. The summed E-state index contributed by atoms with van der Waals surface area (Å²) in [6.07, 6.45) is -6.30. The van der Waals surface area contributed by atoms with Gasteiger partial charge in [-0.15, -0.1) is 0 Å². The molecular formula is C41H61N5O11. The highest BCUT2D eigenvalue weighted by atomic mass is 16.7. The van der Waals surface area contributed by atoms with Crippen LogP contribution in [0.2, 0.25) is 0 Å². The molecule has 0 radical (unpaired) electrons. The fraction of sp³-hybridized carbons (Fsp3) is 0.707. The van der Waals surface area contributed by atoms with Crippen LogP contribution >= 0.6 is 0 Å². The summed E-state index contributed by atoms with van der Waals surface area (Å²) in [5.74, 6) is -5.96. The van der Waals surface area contributed by atoms with Gasteiger partial charge in [0.15, 0.2) is 17.7 Å². The lowest BCUT2D eigenvalue weighted by atomic mass is 9.73. The monoisotopic (exact) mass is 799 g/mol. The normalized spacial score (nSPS) is 39.2. The second-order valence-electron chi connectivity index (χ2n) is 17.0. The van der Waals surface area contributed by atoms with Crippen molar-refractivity contribution in [3.8, 4) is 0 Å². The van der Waals surface area contributed by atoms with E-state index in [0.717, 1.165) is 5.56 Å². The number of aliphatic hydroxyl groups is 1. The van der Waals surface area contributed by atoms with Crippen molar-refractivity contribution in [2.24, 2.45) is 28.7 Å². The third-order valence-electron chi connectivity index (χ3n) is 12.2. The molecule has 4 aliphatic heterocycles. The van der Waals surface area contributed by atoms with Gasteiger partial charge in [-0.1, -0.05) is 39.8 Å². The van der Waals surface area contributed by atoms with E-state index in [2.05, 4.69) is 5.32 Å². The molecule has 0 aliphatic carbocycles. The fourth-order valence-electron chi connectivity index (χ4n) is 9.22. The Kier molecular flexibility index (Phi) is 13.4. The summed E-state index contributed by atoms with van der Waals surface area (Å²) in [7, 11) is 3.65. The van der Waals surface area contributed by atoms with Crippen molar-refractivity contribution in [3.05, 3.63) is 29.8 Å². The van der Waals surface area contributed by atoms with E-state index in [1.165, 1.54) is 11.8 Å². The highest BCUT2D eigenvalue weighted by Crippen LogP contribution is 2.43. The summed E-state index contributed by atoms with van der Waals surface area (Å²) in [5, 5.41) is 14.3. The number of cyclic esters (lactones) is 1. The maximum Gasteiger partial charge on any atom is 0.411 e. The van der Waals surface area contributed by atoms with Crippen LogP contribution in [0.1, 0.15) is 80.2 Å². The Hall–Kier alpha value is -4.12. The van der Waals surface area contributed by atoms with Gasteiger partial charge in [0.05, 0.1) is 37.5 Å². The molecule has 4 N–H and O–H groups in total. The number of hydrogen-bond donors (Lipinski definition) is 3. The Labute approximate surface area is 335 Å². The predicted octanol–water partition coefficient (Wildman–Crippen LogP) is 3.51. The second-order valence-corrected chi connectivity index (χ2v) is 17.0. The van der Waals surface area contributed by atoms with Gasteiger partial charge in [-0.05, 0) is 78.7 Å². The molecule has 16 nitrogen and oxygen atoms in total. The molecule has 0 spiro atoms. The van der Waals surface area contributed by atoms with E-state index in [4.69, 9.17) is 34.4 Å². The molecule has 4 heterocycles. The zero-order chi connectivity index (χ0) is 42.1. The average Bonchev–Trinajstić information content (AvgIpc) is 3.40. The molecule has 4 aliphatic rings. The van der Waals surface area contributed by atoms with Crippen molar-refractivity contribution >= 4 is 41.1 Å². The summed E-state index contributed by atoms with van der Waals surface area (Å²) in [4.78, 5) is 79.2. The first kappa shape index (κ1) is 44.0. The van der Waals surface area contributed by atoms with Gasteiger partial charge >= 0.3 is 18.2 Å². The Morgan fingerprint density at radius 1 is 1.04 bits per heavy atom. The SMILES string of the molecule is CC[C@H]1OC(=O)[C@H](C)C(=O)[C@H](C)[C@@H](O[C@@H]2O[C@H](C)C[C@H](N(C)C)[C@H]2O)[C@@]2(C)C[C@@H](C)C(=O)[C@H](C)[C@@H]3N(CC(=NCc4cccc(N)c4)CNC(=O)O2)C(=O)O[C@@]31C. The van der Waals surface area contributed by atoms with E-state index < -0.39 is 89.5 Å². The van der Waals surface area contributed by atoms with Crippen LogP contribution in [0.4, 0.5) is 15.3 Å². The lowest BCUT2D eigenvalue weighted by molar-refractivity contribution is -0.292. The zero-order valence-corrected chi connectivity index (χ0v) is 34.9. The van der Waals surface area contributed by atoms with Crippen molar-refractivity contribution in [2.45, 2.75) is 135 Å². The summed E-state index contributed by atoms with van der Waals surface area (Å²) >= 11 is 0. The minimum Gasteiger partial charge on any atom is -0.458 e. The molecule has 0 unspecified atom stereocenters. The number of esters is 1. The van der Waals surface area contributed by atoms with Crippen LogP contribution < -0.4 is 11.1 Å².